The Morgan fingerprint density at radius 2 is 2.17 bits per heavy atom. The maximum atomic E-state index is 5.83. The summed E-state index contributed by atoms with van der Waals surface area (Å²) in [6, 6.07) is 8.95. The van der Waals surface area contributed by atoms with Crippen molar-refractivity contribution >= 4 is 10.9 Å². The van der Waals surface area contributed by atoms with Gasteiger partial charge in [0.05, 0.1) is 6.61 Å². The number of benzene rings is 1. The molecule has 1 heterocycles. The highest BCUT2D eigenvalue weighted by Gasteiger charge is 2.03. The highest BCUT2D eigenvalue weighted by Crippen LogP contribution is 2.18. The maximum Gasteiger partial charge on any atom is 0.0645 e. The lowest BCUT2D eigenvalue weighted by Crippen LogP contribution is -2.17. The molecule has 2 aromatic rings. The van der Waals surface area contributed by atoms with E-state index in [1.165, 1.54) is 16.5 Å². The molecule has 3 nitrogen and oxygen atoms in total. The van der Waals surface area contributed by atoms with Crippen molar-refractivity contribution in [2.75, 3.05) is 13.2 Å². The largest absolute Gasteiger partial charge is 0.380 e. The first-order valence-electron chi connectivity index (χ1n) is 6.62. The third-order valence-corrected chi connectivity index (χ3v) is 3.07. The molecule has 98 valence electrons. The fourth-order valence-corrected chi connectivity index (χ4v) is 2.25. The molecule has 0 aliphatic rings. The van der Waals surface area contributed by atoms with Crippen molar-refractivity contribution in [2.24, 2.45) is 5.73 Å². The van der Waals surface area contributed by atoms with Crippen LogP contribution in [0, 0.1) is 0 Å². The molecule has 3 heteroatoms. The van der Waals surface area contributed by atoms with Gasteiger partial charge in [-0.2, -0.15) is 0 Å². The van der Waals surface area contributed by atoms with Gasteiger partial charge in [-0.15, -0.1) is 0 Å². The minimum Gasteiger partial charge on any atom is -0.380 e. The van der Waals surface area contributed by atoms with E-state index in [-0.39, 0.29) is 6.04 Å². The van der Waals surface area contributed by atoms with Crippen LogP contribution in [0.5, 0.6) is 0 Å². The van der Waals surface area contributed by atoms with Crippen LogP contribution in [0.2, 0.25) is 0 Å². The molecule has 1 atom stereocenters. The summed E-state index contributed by atoms with van der Waals surface area (Å²) in [4.78, 5) is 0. The summed E-state index contributed by atoms with van der Waals surface area (Å²) in [5.74, 6) is 0. The van der Waals surface area contributed by atoms with Gasteiger partial charge in [-0.25, -0.2) is 0 Å². The number of fused-ring (bicyclic) bond motifs is 1. The molecule has 2 rings (SSSR count). The zero-order valence-electron chi connectivity index (χ0n) is 11.2. The number of nitrogens with two attached hydrogens (primary N) is 1. The van der Waals surface area contributed by atoms with Crippen LogP contribution < -0.4 is 5.73 Å². The van der Waals surface area contributed by atoms with E-state index >= 15 is 0 Å². The van der Waals surface area contributed by atoms with E-state index in [0.29, 0.717) is 0 Å². The molecule has 1 aromatic carbocycles. The lowest BCUT2D eigenvalue weighted by molar-refractivity contribution is 0.140. The highest BCUT2D eigenvalue weighted by atomic mass is 16.5. The fraction of sp³-hybridized carbons (Fsp3) is 0.467. The lowest BCUT2D eigenvalue weighted by Gasteiger charge is -2.08. The summed E-state index contributed by atoms with van der Waals surface area (Å²) in [5, 5.41) is 1.28. The van der Waals surface area contributed by atoms with Gasteiger partial charge in [-0.1, -0.05) is 6.07 Å². The second-order valence-electron chi connectivity index (χ2n) is 4.78. The van der Waals surface area contributed by atoms with Crippen molar-refractivity contribution in [3.05, 3.63) is 36.0 Å². The van der Waals surface area contributed by atoms with E-state index in [1.807, 2.05) is 13.8 Å². The monoisotopic (exact) mass is 246 g/mol. The number of nitrogens with zero attached hydrogens (tertiary/aromatic N) is 1. The molecule has 0 fully saturated rings. The molecule has 0 radical (unpaired) electrons. The molecule has 0 aliphatic heterocycles. The molecule has 1 unspecified atom stereocenters. The highest BCUT2D eigenvalue weighted by molar-refractivity contribution is 5.80. The van der Waals surface area contributed by atoms with Gasteiger partial charge in [0.2, 0.25) is 0 Å². The summed E-state index contributed by atoms with van der Waals surface area (Å²) in [7, 11) is 0. The molecule has 0 amide bonds. The number of rotatable bonds is 6. The predicted molar refractivity (Wildman–Crippen MR) is 75.8 cm³/mol. The van der Waals surface area contributed by atoms with Crippen LogP contribution in [-0.4, -0.2) is 23.8 Å². The first kappa shape index (κ1) is 13.1. The first-order valence-corrected chi connectivity index (χ1v) is 6.62. The SMILES string of the molecule is CCOCCn1ccc2cc(CC(C)N)ccc21. The standard InChI is InChI=1S/C15H22N2O/c1-3-18-9-8-17-7-6-14-11-13(10-12(2)16)4-5-15(14)17/h4-7,11-12H,3,8-10,16H2,1-2H3. The number of aromatic nitrogens is 1. The Morgan fingerprint density at radius 1 is 1.33 bits per heavy atom. The van der Waals surface area contributed by atoms with E-state index in [9.17, 15) is 0 Å². The summed E-state index contributed by atoms with van der Waals surface area (Å²) >= 11 is 0. The molecule has 0 bridgehead atoms. The van der Waals surface area contributed by atoms with Crippen LogP contribution >= 0.6 is 0 Å². The van der Waals surface area contributed by atoms with Crippen molar-refractivity contribution in [3.63, 3.8) is 0 Å². The van der Waals surface area contributed by atoms with Gasteiger partial charge in [0, 0.05) is 30.9 Å². The Hall–Kier alpha value is -1.32. The zero-order chi connectivity index (χ0) is 13.0. The average molecular weight is 246 g/mol. The van der Waals surface area contributed by atoms with Crippen molar-refractivity contribution in [1.82, 2.24) is 4.57 Å². The second-order valence-corrected chi connectivity index (χ2v) is 4.78. The third kappa shape index (κ3) is 3.12. The van der Waals surface area contributed by atoms with Crippen LogP contribution in [0.15, 0.2) is 30.5 Å². The quantitative estimate of drug-likeness (QED) is 0.796. The predicted octanol–water partition coefficient (Wildman–Crippen LogP) is 2.57. The number of hydrogen-bond donors (Lipinski definition) is 1. The van der Waals surface area contributed by atoms with E-state index in [0.717, 1.165) is 26.2 Å². The first-order chi connectivity index (χ1) is 8.70. The molecule has 0 saturated carbocycles. The van der Waals surface area contributed by atoms with Crippen molar-refractivity contribution in [1.29, 1.82) is 0 Å². The Bertz CT molecular complexity index is 502. The van der Waals surface area contributed by atoms with Crippen LogP contribution in [0.1, 0.15) is 19.4 Å². The van der Waals surface area contributed by atoms with Gasteiger partial charge in [0.15, 0.2) is 0 Å². The van der Waals surface area contributed by atoms with Crippen molar-refractivity contribution in [2.45, 2.75) is 32.9 Å². The van der Waals surface area contributed by atoms with Gasteiger partial charge in [0.25, 0.3) is 0 Å². The van der Waals surface area contributed by atoms with E-state index in [1.54, 1.807) is 0 Å². The average Bonchev–Trinajstić information content (AvgIpc) is 2.71. The van der Waals surface area contributed by atoms with E-state index in [2.05, 4.69) is 35.0 Å². The van der Waals surface area contributed by atoms with E-state index < -0.39 is 0 Å². The van der Waals surface area contributed by atoms with Crippen LogP contribution in [0.25, 0.3) is 10.9 Å². The minimum atomic E-state index is 0.211. The molecule has 1 aromatic heterocycles. The van der Waals surface area contributed by atoms with Gasteiger partial charge in [-0.3, -0.25) is 0 Å². The Kier molecular flexibility index (Phi) is 4.39. The molecule has 0 saturated heterocycles. The minimum absolute atomic E-state index is 0.211. The summed E-state index contributed by atoms with van der Waals surface area (Å²) in [5.41, 5.74) is 8.41. The second kappa shape index (κ2) is 6.03. The van der Waals surface area contributed by atoms with Crippen LogP contribution in [0.4, 0.5) is 0 Å². The molecular weight excluding hydrogens is 224 g/mol. The molecule has 18 heavy (non-hydrogen) atoms. The third-order valence-electron chi connectivity index (χ3n) is 3.07. The Morgan fingerprint density at radius 3 is 2.89 bits per heavy atom. The normalized spacial score (nSPS) is 13.1. The van der Waals surface area contributed by atoms with Gasteiger partial charge < -0.3 is 15.0 Å². The fourth-order valence-electron chi connectivity index (χ4n) is 2.25. The summed E-state index contributed by atoms with van der Waals surface area (Å²) in [6.45, 7) is 6.51. The summed E-state index contributed by atoms with van der Waals surface area (Å²) < 4.78 is 7.63. The van der Waals surface area contributed by atoms with Gasteiger partial charge in [-0.05, 0) is 49.4 Å². The zero-order valence-corrected chi connectivity index (χ0v) is 11.2. The van der Waals surface area contributed by atoms with Crippen molar-refractivity contribution in [3.8, 4) is 0 Å². The molecule has 2 N–H and O–H groups in total. The number of hydrogen-bond acceptors (Lipinski definition) is 2. The molecule has 0 aliphatic carbocycles. The Labute approximate surface area is 109 Å². The van der Waals surface area contributed by atoms with Gasteiger partial charge >= 0.3 is 0 Å². The Balaban J connectivity index is 2.15. The van der Waals surface area contributed by atoms with Crippen LogP contribution in [0.3, 0.4) is 0 Å². The molecular formula is C15H22N2O. The summed E-state index contributed by atoms with van der Waals surface area (Å²) in [6.07, 6.45) is 3.05. The van der Waals surface area contributed by atoms with Crippen LogP contribution in [-0.2, 0) is 17.7 Å². The van der Waals surface area contributed by atoms with Gasteiger partial charge in [0.1, 0.15) is 0 Å². The smallest absolute Gasteiger partial charge is 0.0645 e. The lowest BCUT2D eigenvalue weighted by atomic mass is 10.1. The molecule has 0 spiro atoms. The van der Waals surface area contributed by atoms with Crippen molar-refractivity contribution < 1.29 is 4.74 Å². The number of ether oxygens (including phenoxy) is 1. The van der Waals surface area contributed by atoms with E-state index in [4.69, 9.17) is 10.5 Å². The topological polar surface area (TPSA) is 40.2 Å². The maximum absolute atomic E-state index is 5.83.